The lowest BCUT2D eigenvalue weighted by Gasteiger charge is -2.19. The Bertz CT molecular complexity index is 1010. The summed E-state index contributed by atoms with van der Waals surface area (Å²) in [4.78, 5) is 20.2. The van der Waals surface area contributed by atoms with Crippen LogP contribution in [0.3, 0.4) is 0 Å². The van der Waals surface area contributed by atoms with Gasteiger partial charge in [0.2, 0.25) is 0 Å². The van der Waals surface area contributed by atoms with Crippen molar-refractivity contribution in [3.63, 3.8) is 0 Å². The van der Waals surface area contributed by atoms with Crippen molar-refractivity contribution in [1.82, 2.24) is 0 Å². The maximum Gasteiger partial charge on any atom is 0.291 e. The van der Waals surface area contributed by atoms with Crippen LogP contribution in [0.4, 0.5) is 17.1 Å². The molecule has 11 heteroatoms. The van der Waals surface area contributed by atoms with Gasteiger partial charge in [-0.2, -0.15) is 0 Å². The van der Waals surface area contributed by atoms with Gasteiger partial charge in [-0.1, -0.05) is 17.7 Å². The van der Waals surface area contributed by atoms with Gasteiger partial charge in [0, 0.05) is 29.8 Å². The first-order chi connectivity index (χ1) is 11.7. The zero-order valence-electron chi connectivity index (χ0n) is 12.5. The standard InChI is InChI=1S/C14H10ClN3O6S/c15-10-2-4-14(13(7-10)18(21)22)25(23,24)16-6-5-9-1-3-11(17(19)20)8-12(9)16/h1-4,7-8H,5-6H2. The molecule has 1 aliphatic heterocycles. The minimum Gasteiger partial charge on any atom is -0.265 e. The summed E-state index contributed by atoms with van der Waals surface area (Å²) in [5.74, 6) is 0. The van der Waals surface area contributed by atoms with E-state index >= 15 is 0 Å². The lowest BCUT2D eigenvalue weighted by atomic mass is 10.1. The first kappa shape index (κ1) is 17.1. The lowest BCUT2D eigenvalue weighted by molar-refractivity contribution is -0.387. The van der Waals surface area contributed by atoms with Crippen LogP contribution >= 0.6 is 11.6 Å². The Kier molecular flexibility index (Phi) is 4.09. The number of non-ortho nitro benzene ring substituents is 1. The number of nitrogens with zero attached hydrogens (tertiary/aromatic N) is 3. The van der Waals surface area contributed by atoms with Gasteiger partial charge < -0.3 is 0 Å². The van der Waals surface area contributed by atoms with Gasteiger partial charge in [-0.3, -0.25) is 24.5 Å². The van der Waals surface area contributed by atoms with Crippen molar-refractivity contribution in [2.24, 2.45) is 0 Å². The molecule has 3 rings (SSSR count). The monoisotopic (exact) mass is 383 g/mol. The van der Waals surface area contributed by atoms with E-state index in [1.165, 1.54) is 18.2 Å². The Labute approximate surface area is 146 Å². The predicted molar refractivity (Wildman–Crippen MR) is 89.4 cm³/mol. The number of anilines is 1. The summed E-state index contributed by atoms with van der Waals surface area (Å²) in [7, 11) is -4.28. The van der Waals surface area contributed by atoms with Gasteiger partial charge >= 0.3 is 0 Å². The summed E-state index contributed by atoms with van der Waals surface area (Å²) < 4.78 is 26.8. The fraction of sp³-hybridized carbons (Fsp3) is 0.143. The van der Waals surface area contributed by atoms with Crippen molar-refractivity contribution in [3.8, 4) is 0 Å². The van der Waals surface area contributed by atoms with Crippen molar-refractivity contribution in [3.05, 3.63) is 67.2 Å². The summed E-state index contributed by atoms with van der Waals surface area (Å²) in [5, 5.41) is 22.2. The molecule has 0 bridgehead atoms. The second kappa shape index (κ2) is 5.97. The van der Waals surface area contributed by atoms with Crippen LogP contribution in [0, 0.1) is 20.2 Å². The second-order valence-corrected chi connectivity index (χ2v) is 7.53. The van der Waals surface area contributed by atoms with E-state index in [1.807, 2.05) is 0 Å². The molecule has 9 nitrogen and oxygen atoms in total. The van der Waals surface area contributed by atoms with Gasteiger partial charge in [0.1, 0.15) is 0 Å². The van der Waals surface area contributed by atoms with Crippen LogP contribution in [-0.2, 0) is 16.4 Å². The number of benzene rings is 2. The van der Waals surface area contributed by atoms with E-state index in [0.717, 1.165) is 22.5 Å². The zero-order valence-corrected chi connectivity index (χ0v) is 14.0. The Morgan fingerprint density at radius 2 is 1.76 bits per heavy atom. The second-order valence-electron chi connectivity index (χ2n) is 5.27. The smallest absolute Gasteiger partial charge is 0.265 e. The largest absolute Gasteiger partial charge is 0.291 e. The van der Waals surface area contributed by atoms with Crippen molar-refractivity contribution < 1.29 is 18.3 Å². The van der Waals surface area contributed by atoms with E-state index in [1.54, 1.807) is 0 Å². The molecule has 0 amide bonds. The maximum atomic E-state index is 12.9. The third kappa shape index (κ3) is 2.89. The molecule has 130 valence electrons. The first-order valence-electron chi connectivity index (χ1n) is 6.96. The van der Waals surface area contributed by atoms with Crippen molar-refractivity contribution in [1.29, 1.82) is 0 Å². The van der Waals surface area contributed by atoms with E-state index < -0.39 is 30.5 Å². The van der Waals surface area contributed by atoms with Gasteiger partial charge in [-0.25, -0.2) is 8.42 Å². The van der Waals surface area contributed by atoms with E-state index in [0.29, 0.717) is 12.0 Å². The molecule has 0 spiro atoms. The van der Waals surface area contributed by atoms with Gasteiger partial charge in [0.15, 0.2) is 4.90 Å². The maximum absolute atomic E-state index is 12.9. The minimum atomic E-state index is -4.28. The molecule has 0 aromatic heterocycles. The average molecular weight is 384 g/mol. The fourth-order valence-corrected chi connectivity index (χ4v) is 4.47. The summed E-state index contributed by atoms with van der Waals surface area (Å²) in [6.07, 6.45) is 0.355. The minimum absolute atomic E-state index is 0.0307. The number of nitro groups is 2. The van der Waals surface area contributed by atoms with E-state index in [9.17, 15) is 28.6 Å². The summed E-state index contributed by atoms with van der Waals surface area (Å²) in [6.45, 7) is 0.0403. The van der Waals surface area contributed by atoms with Gasteiger partial charge in [0.25, 0.3) is 21.4 Å². The third-order valence-electron chi connectivity index (χ3n) is 3.82. The topological polar surface area (TPSA) is 124 Å². The molecule has 1 aliphatic rings. The van der Waals surface area contributed by atoms with Gasteiger partial charge in [-0.15, -0.1) is 0 Å². The summed E-state index contributed by atoms with van der Waals surface area (Å²) in [5.41, 5.74) is -0.137. The summed E-state index contributed by atoms with van der Waals surface area (Å²) >= 11 is 5.72. The molecule has 0 saturated heterocycles. The Morgan fingerprint density at radius 3 is 2.40 bits per heavy atom. The van der Waals surface area contributed by atoms with Crippen molar-refractivity contribution in [2.45, 2.75) is 11.3 Å². The lowest BCUT2D eigenvalue weighted by Crippen LogP contribution is -2.29. The highest BCUT2D eigenvalue weighted by atomic mass is 35.5. The van der Waals surface area contributed by atoms with Gasteiger partial charge in [0.05, 0.1) is 15.5 Å². The van der Waals surface area contributed by atoms with Crippen LogP contribution < -0.4 is 4.31 Å². The Morgan fingerprint density at radius 1 is 1.04 bits per heavy atom. The van der Waals surface area contributed by atoms with E-state index in [2.05, 4.69) is 0 Å². The highest BCUT2D eigenvalue weighted by Crippen LogP contribution is 2.38. The molecule has 0 fully saturated rings. The van der Waals surface area contributed by atoms with Crippen molar-refractivity contribution >= 4 is 38.7 Å². The Hall–Kier alpha value is -2.72. The fourth-order valence-electron chi connectivity index (χ4n) is 2.67. The number of sulfonamides is 1. The Balaban J connectivity index is 2.15. The SMILES string of the molecule is O=[N+]([O-])c1ccc2c(c1)N(S(=O)(=O)c1ccc(Cl)cc1[N+](=O)[O-])CC2. The highest BCUT2D eigenvalue weighted by Gasteiger charge is 2.36. The average Bonchev–Trinajstić information content (AvgIpc) is 2.98. The normalized spacial score (nSPS) is 13.6. The number of fused-ring (bicyclic) bond motifs is 1. The molecule has 0 atom stereocenters. The van der Waals surface area contributed by atoms with Crippen LogP contribution in [0.1, 0.15) is 5.56 Å². The number of hydrogen-bond acceptors (Lipinski definition) is 6. The molecular formula is C14H10ClN3O6S. The molecule has 0 aliphatic carbocycles. The molecule has 0 N–H and O–H groups in total. The van der Waals surface area contributed by atoms with Gasteiger partial charge in [-0.05, 0) is 24.1 Å². The van der Waals surface area contributed by atoms with Crippen LogP contribution in [-0.4, -0.2) is 24.8 Å². The van der Waals surface area contributed by atoms with Crippen LogP contribution in [0.25, 0.3) is 0 Å². The number of nitro benzene ring substituents is 2. The molecule has 0 unspecified atom stereocenters. The summed E-state index contributed by atoms with van der Waals surface area (Å²) in [6, 6.07) is 7.19. The molecule has 0 saturated carbocycles. The number of halogens is 1. The number of rotatable bonds is 4. The van der Waals surface area contributed by atoms with Crippen molar-refractivity contribution in [2.75, 3.05) is 10.8 Å². The van der Waals surface area contributed by atoms with E-state index in [4.69, 9.17) is 11.6 Å². The van der Waals surface area contributed by atoms with Crippen LogP contribution in [0.5, 0.6) is 0 Å². The molecule has 2 aromatic carbocycles. The predicted octanol–water partition coefficient (Wildman–Crippen LogP) is 2.91. The molecule has 2 aromatic rings. The molecule has 0 radical (unpaired) electrons. The van der Waals surface area contributed by atoms with Crippen LogP contribution in [0.2, 0.25) is 5.02 Å². The van der Waals surface area contributed by atoms with E-state index in [-0.39, 0.29) is 22.9 Å². The zero-order chi connectivity index (χ0) is 18.4. The molecular weight excluding hydrogens is 374 g/mol. The quantitative estimate of drug-likeness (QED) is 0.590. The third-order valence-corrected chi connectivity index (χ3v) is 5.91. The number of hydrogen-bond donors (Lipinski definition) is 0. The highest BCUT2D eigenvalue weighted by molar-refractivity contribution is 7.93. The van der Waals surface area contributed by atoms with Crippen LogP contribution in [0.15, 0.2) is 41.3 Å². The first-order valence-corrected chi connectivity index (χ1v) is 8.77. The molecule has 25 heavy (non-hydrogen) atoms. The molecule has 1 heterocycles.